The van der Waals surface area contributed by atoms with Gasteiger partial charge in [0.2, 0.25) is 5.76 Å². The zero-order valence-corrected chi connectivity index (χ0v) is 16.1. The lowest BCUT2D eigenvalue weighted by atomic mass is 9.94. The Morgan fingerprint density at radius 3 is 2.90 bits per heavy atom. The van der Waals surface area contributed by atoms with Gasteiger partial charge >= 0.3 is 0 Å². The van der Waals surface area contributed by atoms with Gasteiger partial charge in [-0.25, -0.2) is 4.39 Å². The lowest BCUT2D eigenvalue weighted by Gasteiger charge is -2.31. The van der Waals surface area contributed by atoms with E-state index >= 15 is 0 Å². The number of carbonyl (C=O) groups excluding carboxylic acids is 1. The van der Waals surface area contributed by atoms with Gasteiger partial charge in [0.1, 0.15) is 5.82 Å². The molecule has 150 valence electrons. The Balaban J connectivity index is 1.35. The van der Waals surface area contributed by atoms with Gasteiger partial charge in [-0.05, 0) is 54.8 Å². The van der Waals surface area contributed by atoms with E-state index in [0.717, 1.165) is 42.8 Å². The van der Waals surface area contributed by atoms with Crippen molar-refractivity contribution in [1.29, 1.82) is 0 Å². The number of likely N-dealkylation sites (tertiary alicyclic amines) is 1. The number of benzene rings is 1. The molecule has 0 radical (unpaired) electrons. The van der Waals surface area contributed by atoms with Gasteiger partial charge in [0.15, 0.2) is 0 Å². The number of carbonyl (C=O) groups is 1. The normalized spacial score (nSPS) is 17.2. The lowest BCUT2D eigenvalue weighted by Crippen LogP contribution is -2.34. The number of amides is 1. The highest BCUT2D eigenvalue weighted by molar-refractivity contribution is 5.91. The summed E-state index contributed by atoms with van der Waals surface area (Å²) >= 11 is 0. The van der Waals surface area contributed by atoms with Crippen LogP contribution in [-0.4, -0.2) is 34.0 Å². The van der Waals surface area contributed by atoms with E-state index in [4.69, 9.17) is 4.52 Å². The Hall–Kier alpha value is -3.06. The Bertz CT molecular complexity index is 960. The largest absolute Gasteiger partial charge is 0.351 e. The number of nitrogens with zero attached hydrogens (tertiary/aromatic N) is 3. The smallest absolute Gasteiger partial charge is 0.290 e. The van der Waals surface area contributed by atoms with E-state index < -0.39 is 0 Å². The molecule has 0 spiro atoms. The molecule has 1 aliphatic rings. The monoisotopic (exact) mass is 394 g/mol. The summed E-state index contributed by atoms with van der Waals surface area (Å²) < 4.78 is 18.7. The number of hydrogen-bond acceptors (Lipinski definition) is 5. The van der Waals surface area contributed by atoms with Crippen LogP contribution in [0.2, 0.25) is 0 Å². The summed E-state index contributed by atoms with van der Waals surface area (Å²) in [5.41, 5.74) is 2.72. The molecule has 1 unspecified atom stereocenters. The molecule has 1 aliphatic heterocycles. The second kappa shape index (κ2) is 8.96. The molecular weight excluding hydrogens is 371 g/mol. The van der Waals surface area contributed by atoms with Crippen molar-refractivity contribution in [2.24, 2.45) is 0 Å². The van der Waals surface area contributed by atoms with Gasteiger partial charge in [0.05, 0.1) is 5.69 Å². The second-order valence-electron chi connectivity index (χ2n) is 7.36. The summed E-state index contributed by atoms with van der Waals surface area (Å²) in [6, 6.07) is 12.1. The van der Waals surface area contributed by atoms with Gasteiger partial charge < -0.3 is 9.84 Å². The van der Waals surface area contributed by atoms with Crippen LogP contribution in [0.1, 0.15) is 46.1 Å². The number of nitrogens with one attached hydrogen (secondary N) is 1. The van der Waals surface area contributed by atoms with Crippen LogP contribution < -0.4 is 5.32 Å². The highest BCUT2D eigenvalue weighted by Crippen LogP contribution is 2.27. The quantitative estimate of drug-likeness (QED) is 0.693. The molecule has 1 aromatic carbocycles. The van der Waals surface area contributed by atoms with Crippen LogP contribution in [0.15, 0.2) is 59.4 Å². The van der Waals surface area contributed by atoms with E-state index in [1.165, 1.54) is 6.07 Å². The molecule has 4 rings (SSSR count). The van der Waals surface area contributed by atoms with Crippen LogP contribution in [0.4, 0.5) is 4.39 Å². The Labute approximate surface area is 168 Å². The average Bonchev–Trinajstić information content (AvgIpc) is 3.24. The minimum Gasteiger partial charge on any atom is -0.351 e. The van der Waals surface area contributed by atoms with Crippen molar-refractivity contribution in [1.82, 2.24) is 20.4 Å². The number of aromatic nitrogens is 2. The molecule has 1 saturated heterocycles. The van der Waals surface area contributed by atoms with Crippen molar-refractivity contribution in [2.45, 2.75) is 31.8 Å². The highest BCUT2D eigenvalue weighted by Gasteiger charge is 2.25. The molecule has 6 nitrogen and oxygen atoms in total. The van der Waals surface area contributed by atoms with Crippen molar-refractivity contribution in [3.8, 4) is 0 Å². The molecule has 7 heteroatoms. The van der Waals surface area contributed by atoms with E-state index in [0.29, 0.717) is 13.1 Å². The third kappa shape index (κ3) is 5.06. The first kappa shape index (κ1) is 19.3. The summed E-state index contributed by atoms with van der Waals surface area (Å²) in [6.45, 7) is 2.87. The van der Waals surface area contributed by atoms with Crippen molar-refractivity contribution in [3.63, 3.8) is 0 Å². The molecule has 1 fully saturated rings. The van der Waals surface area contributed by atoms with E-state index in [2.05, 4.69) is 20.4 Å². The Morgan fingerprint density at radius 2 is 2.07 bits per heavy atom. The summed E-state index contributed by atoms with van der Waals surface area (Å²) in [5.74, 6) is -0.0814. The van der Waals surface area contributed by atoms with Gasteiger partial charge in [0.25, 0.3) is 5.91 Å². The van der Waals surface area contributed by atoms with Crippen LogP contribution in [0.3, 0.4) is 0 Å². The minimum atomic E-state index is -0.284. The van der Waals surface area contributed by atoms with Gasteiger partial charge in [0, 0.05) is 44.0 Å². The van der Waals surface area contributed by atoms with Gasteiger partial charge in [-0.1, -0.05) is 17.3 Å². The maximum Gasteiger partial charge on any atom is 0.290 e. The molecule has 1 amide bonds. The Kier molecular flexibility index (Phi) is 5.95. The summed E-state index contributed by atoms with van der Waals surface area (Å²) in [7, 11) is 0. The van der Waals surface area contributed by atoms with Crippen molar-refractivity contribution in [3.05, 3.63) is 83.3 Å². The third-order valence-corrected chi connectivity index (χ3v) is 5.17. The molecule has 3 heterocycles. The lowest BCUT2D eigenvalue weighted by molar-refractivity contribution is 0.0913. The summed E-state index contributed by atoms with van der Waals surface area (Å²) in [5, 5.41) is 6.97. The molecule has 0 saturated carbocycles. The Morgan fingerprint density at radius 1 is 1.21 bits per heavy atom. The predicted octanol–water partition coefficient (Wildman–Crippen LogP) is 3.52. The van der Waals surface area contributed by atoms with Crippen LogP contribution in [0, 0.1) is 5.82 Å². The summed E-state index contributed by atoms with van der Waals surface area (Å²) in [4.78, 5) is 18.6. The molecular formula is C22H23FN4O2. The fraction of sp³-hybridized carbons (Fsp3) is 0.318. The first-order valence-corrected chi connectivity index (χ1v) is 9.78. The van der Waals surface area contributed by atoms with Crippen LogP contribution in [0.5, 0.6) is 0 Å². The maximum absolute atomic E-state index is 13.4. The van der Waals surface area contributed by atoms with Crippen LogP contribution >= 0.6 is 0 Å². The predicted molar refractivity (Wildman–Crippen MR) is 106 cm³/mol. The van der Waals surface area contributed by atoms with Gasteiger partial charge in [-0.3, -0.25) is 14.7 Å². The van der Waals surface area contributed by atoms with Gasteiger partial charge in [-0.15, -0.1) is 0 Å². The topological polar surface area (TPSA) is 71.3 Å². The molecule has 0 bridgehead atoms. The number of piperidine rings is 1. The molecule has 1 atom stereocenters. The number of hydrogen-bond donors (Lipinski definition) is 1. The maximum atomic E-state index is 13.4. The summed E-state index contributed by atoms with van der Waals surface area (Å²) in [6.07, 6.45) is 5.39. The highest BCUT2D eigenvalue weighted by atomic mass is 19.1. The van der Waals surface area contributed by atoms with E-state index in [1.54, 1.807) is 30.6 Å². The number of pyridine rings is 1. The molecule has 1 N–H and O–H groups in total. The zero-order chi connectivity index (χ0) is 20.1. The molecule has 0 aliphatic carbocycles. The number of halogens is 1. The van der Waals surface area contributed by atoms with Crippen molar-refractivity contribution in [2.75, 3.05) is 13.1 Å². The zero-order valence-electron chi connectivity index (χ0n) is 16.1. The second-order valence-corrected chi connectivity index (χ2v) is 7.36. The van der Waals surface area contributed by atoms with Crippen LogP contribution in [0.25, 0.3) is 0 Å². The van der Waals surface area contributed by atoms with E-state index in [-0.39, 0.29) is 23.4 Å². The molecule has 3 aromatic rings. The average molecular weight is 394 g/mol. The van der Waals surface area contributed by atoms with E-state index in [1.807, 2.05) is 18.2 Å². The van der Waals surface area contributed by atoms with Crippen molar-refractivity contribution < 1.29 is 13.7 Å². The van der Waals surface area contributed by atoms with E-state index in [9.17, 15) is 9.18 Å². The fourth-order valence-electron chi connectivity index (χ4n) is 3.69. The van der Waals surface area contributed by atoms with Gasteiger partial charge in [-0.2, -0.15) is 0 Å². The standard InChI is InChI=1S/C22H23FN4O2/c23-19-5-1-3-17(11-19)14-27-10-2-4-18(15-27)20-12-21(29-26-20)22(28)25-13-16-6-8-24-9-7-16/h1,3,5-9,11-12,18H,2,4,10,13-15H2,(H,25,28). The molecule has 2 aromatic heterocycles. The first-order chi connectivity index (χ1) is 14.2. The first-order valence-electron chi connectivity index (χ1n) is 9.78. The minimum absolute atomic E-state index is 0.197. The fourth-order valence-corrected chi connectivity index (χ4v) is 3.69. The SMILES string of the molecule is O=C(NCc1ccncc1)c1cc(C2CCCN(Cc3cccc(F)c3)C2)no1. The molecule has 29 heavy (non-hydrogen) atoms. The number of rotatable bonds is 6. The van der Waals surface area contributed by atoms with Crippen molar-refractivity contribution >= 4 is 5.91 Å². The third-order valence-electron chi connectivity index (χ3n) is 5.17. The van der Waals surface area contributed by atoms with Crippen LogP contribution in [-0.2, 0) is 13.1 Å².